The van der Waals surface area contributed by atoms with Crippen molar-refractivity contribution in [2.45, 2.75) is 39.7 Å². The highest BCUT2D eigenvalue weighted by Crippen LogP contribution is 2.07. The number of ether oxygens (including phenoxy) is 1. The molecule has 0 bridgehead atoms. The summed E-state index contributed by atoms with van der Waals surface area (Å²) in [5.41, 5.74) is 0.617. The fraction of sp³-hybridized carbons (Fsp3) is 0.500. The molecular formula is C18H27N3O4. The number of rotatable bonds is 9. The number of esters is 1. The topological polar surface area (TPSA) is 96.5 Å². The second-order valence-corrected chi connectivity index (χ2v) is 6.00. The molecular weight excluding hydrogens is 322 g/mol. The van der Waals surface area contributed by atoms with E-state index in [1.54, 1.807) is 38.1 Å². The SMILES string of the molecule is CCCCNC(=O)COC(=O)[C@@H](NC(=O)Nc1ccccc1)C(C)C. The van der Waals surface area contributed by atoms with Gasteiger partial charge in [-0.3, -0.25) is 4.79 Å². The Labute approximate surface area is 148 Å². The van der Waals surface area contributed by atoms with E-state index in [2.05, 4.69) is 16.0 Å². The van der Waals surface area contributed by atoms with Gasteiger partial charge < -0.3 is 20.7 Å². The van der Waals surface area contributed by atoms with Crippen LogP contribution in [0.1, 0.15) is 33.6 Å². The van der Waals surface area contributed by atoms with Gasteiger partial charge in [-0.05, 0) is 24.5 Å². The largest absolute Gasteiger partial charge is 0.454 e. The first kappa shape index (κ1) is 20.5. The molecule has 3 amide bonds. The number of carbonyl (C=O) groups is 3. The van der Waals surface area contributed by atoms with E-state index in [4.69, 9.17) is 4.74 Å². The molecule has 25 heavy (non-hydrogen) atoms. The van der Waals surface area contributed by atoms with E-state index in [1.807, 2.05) is 13.0 Å². The van der Waals surface area contributed by atoms with Gasteiger partial charge in [-0.15, -0.1) is 0 Å². The Hall–Kier alpha value is -2.57. The Morgan fingerprint density at radius 3 is 2.40 bits per heavy atom. The summed E-state index contributed by atoms with van der Waals surface area (Å²) in [5.74, 6) is -1.17. The first-order valence-electron chi connectivity index (χ1n) is 8.50. The maximum atomic E-state index is 12.2. The summed E-state index contributed by atoms with van der Waals surface area (Å²) in [6, 6.07) is 7.55. The zero-order valence-electron chi connectivity index (χ0n) is 15.0. The molecule has 0 aromatic heterocycles. The van der Waals surface area contributed by atoms with Gasteiger partial charge in [0, 0.05) is 12.2 Å². The van der Waals surface area contributed by atoms with E-state index in [1.165, 1.54) is 0 Å². The number of carbonyl (C=O) groups excluding carboxylic acids is 3. The molecule has 0 aliphatic carbocycles. The molecule has 0 saturated heterocycles. The minimum atomic E-state index is -0.841. The van der Waals surface area contributed by atoms with Gasteiger partial charge in [0.2, 0.25) is 0 Å². The standard InChI is InChI=1S/C18H27N3O4/c1-4-5-11-19-15(22)12-25-17(23)16(13(2)3)21-18(24)20-14-9-7-6-8-10-14/h6-10,13,16H,4-5,11-12H2,1-3H3,(H,19,22)(H2,20,21,24)/t16-/m0/s1. The third-order valence-electron chi connectivity index (χ3n) is 3.44. The minimum absolute atomic E-state index is 0.183. The van der Waals surface area contributed by atoms with Crippen molar-refractivity contribution in [3.8, 4) is 0 Å². The van der Waals surface area contributed by atoms with Crippen LogP contribution in [0.25, 0.3) is 0 Å². The van der Waals surface area contributed by atoms with Crippen LogP contribution in [0.2, 0.25) is 0 Å². The quantitative estimate of drug-likeness (QED) is 0.471. The van der Waals surface area contributed by atoms with E-state index in [-0.39, 0.29) is 18.4 Å². The van der Waals surface area contributed by atoms with Gasteiger partial charge in [-0.1, -0.05) is 45.4 Å². The van der Waals surface area contributed by atoms with Gasteiger partial charge in [0.05, 0.1) is 0 Å². The lowest BCUT2D eigenvalue weighted by Crippen LogP contribution is -2.47. The van der Waals surface area contributed by atoms with Gasteiger partial charge in [0.1, 0.15) is 6.04 Å². The number of hydrogen-bond acceptors (Lipinski definition) is 4. The van der Waals surface area contributed by atoms with Crippen LogP contribution in [0.15, 0.2) is 30.3 Å². The van der Waals surface area contributed by atoms with E-state index < -0.39 is 18.0 Å². The lowest BCUT2D eigenvalue weighted by atomic mass is 10.1. The Kier molecular flexibility index (Phi) is 9.06. The molecule has 7 heteroatoms. The average Bonchev–Trinajstić information content (AvgIpc) is 2.58. The number of unbranched alkanes of at least 4 members (excludes halogenated alkanes) is 1. The third kappa shape index (κ3) is 8.19. The maximum absolute atomic E-state index is 12.2. The van der Waals surface area contributed by atoms with Crippen molar-refractivity contribution < 1.29 is 19.1 Å². The Balaban J connectivity index is 2.47. The maximum Gasteiger partial charge on any atom is 0.329 e. The molecule has 1 aromatic rings. The molecule has 0 fully saturated rings. The van der Waals surface area contributed by atoms with Gasteiger partial charge in [-0.25, -0.2) is 9.59 Å². The second-order valence-electron chi connectivity index (χ2n) is 6.00. The van der Waals surface area contributed by atoms with Gasteiger partial charge in [0.15, 0.2) is 6.61 Å². The summed E-state index contributed by atoms with van der Waals surface area (Å²) in [6.07, 6.45) is 1.84. The zero-order valence-corrected chi connectivity index (χ0v) is 15.0. The van der Waals surface area contributed by atoms with Gasteiger partial charge in [-0.2, -0.15) is 0 Å². The van der Waals surface area contributed by atoms with Gasteiger partial charge in [0.25, 0.3) is 5.91 Å². The molecule has 138 valence electrons. The fourth-order valence-corrected chi connectivity index (χ4v) is 2.01. The second kappa shape index (κ2) is 11.1. The molecule has 0 aliphatic rings. The summed E-state index contributed by atoms with van der Waals surface area (Å²) in [5, 5.41) is 7.89. The molecule has 0 unspecified atom stereocenters. The van der Waals surface area contributed by atoms with Crippen molar-refractivity contribution in [3.63, 3.8) is 0 Å². The van der Waals surface area contributed by atoms with Gasteiger partial charge >= 0.3 is 12.0 Å². The molecule has 1 aromatic carbocycles. The van der Waals surface area contributed by atoms with Crippen molar-refractivity contribution in [1.82, 2.24) is 10.6 Å². The Morgan fingerprint density at radius 1 is 1.12 bits per heavy atom. The molecule has 1 rings (SSSR count). The van der Waals surface area contributed by atoms with E-state index in [0.29, 0.717) is 12.2 Å². The summed E-state index contributed by atoms with van der Waals surface area (Å²) < 4.78 is 5.02. The lowest BCUT2D eigenvalue weighted by Gasteiger charge is -2.21. The first-order valence-corrected chi connectivity index (χ1v) is 8.50. The molecule has 1 atom stereocenters. The van der Waals surface area contributed by atoms with E-state index in [9.17, 15) is 14.4 Å². The van der Waals surface area contributed by atoms with Crippen molar-refractivity contribution in [2.75, 3.05) is 18.5 Å². The smallest absolute Gasteiger partial charge is 0.329 e. The normalized spacial score (nSPS) is 11.5. The van der Waals surface area contributed by atoms with Crippen LogP contribution in [0.3, 0.4) is 0 Å². The Bertz CT molecular complexity index is 561. The summed E-state index contributed by atoms with van der Waals surface area (Å²) in [6.45, 7) is 5.80. The average molecular weight is 349 g/mol. The summed E-state index contributed by atoms with van der Waals surface area (Å²) >= 11 is 0. The highest BCUT2D eigenvalue weighted by molar-refractivity contribution is 5.93. The number of para-hydroxylation sites is 1. The predicted molar refractivity (Wildman–Crippen MR) is 96.1 cm³/mol. The molecule has 7 nitrogen and oxygen atoms in total. The van der Waals surface area contributed by atoms with Crippen LogP contribution >= 0.6 is 0 Å². The molecule has 0 radical (unpaired) electrons. The highest BCUT2D eigenvalue weighted by Gasteiger charge is 2.26. The number of anilines is 1. The van der Waals surface area contributed by atoms with Crippen LogP contribution in [-0.2, 0) is 14.3 Å². The van der Waals surface area contributed by atoms with Crippen molar-refractivity contribution in [2.24, 2.45) is 5.92 Å². The summed E-state index contributed by atoms with van der Waals surface area (Å²) in [4.78, 5) is 35.8. The summed E-state index contributed by atoms with van der Waals surface area (Å²) in [7, 11) is 0. The van der Waals surface area contributed by atoms with Crippen LogP contribution < -0.4 is 16.0 Å². The number of amides is 3. The van der Waals surface area contributed by atoms with Crippen molar-refractivity contribution >= 4 is 23.6 Å². The fourth-order valence-electron chi connectivity index (χ4n) is 2.01. The minimum Gasteiger partial charge on any atom is -0.454 e. The van der Waals surface area contributed by atoms with Crippen LogP contribution in [0.5, 0.6) is 0 Å². The number of nitrogens with one attached hydrogen (secondary N) is 3. The Morgan fingerprint density at radius 2 is 1.80 bits per heavy atom. The lowest BCUT2D eigenvalue weighted by molar-refractivity contribution is -0.151. The number of benzene rings is 1. The molecule has 3 N–H and O–H groups in total. The van der Waals surface area contributed by atoms with E-state index in [0.717, 1.165) is 12.8 Å². The molecule has 0 saturated carbocycles. The zero-order chi connectivity index (χ0) is 18.7. The first-order chi connectivity index (χ1) is 11.9. The van der Waals surface area contributed by atoms with Crippen molar-refractivity contribution in [1.29, 1.82) is 0 Å². The van der Waals surface area contributed by atoms with Crippen molar-refractivity contribution in [3.05, 3.63) is 30.3 Å². The molecule has 0 spiro atoms. The van der Waals surface area contributed by atoms with E-state index >= 15 is 0 Å². The highest BCUT2D eigenvalue weighted by atomic mass is 16.5. The third-order valence-corrected chi connectivity index (χ3v) is 3.44. The predicted octanol–water partition coefficient (Wildman–Crippen LogP) is 2.29. The van der Waals surface area contributed by atoms with Crippen LogP contribution in [0, 0.1) is 5.92 Å². The molecule has 0 heterocycles. The monoisotopic (exact) mass is 349 g/mol. The van der Waals surface area contributed by atoms with Crippen LogP contribution in [-0.4, -0.2) is 37.1 Å². The van der Waals surface area contributed by atoms with Crippen LogP contribution in [0.4, 0.5) is 10.5 Å². The number of urea groups is 1. The number of hydrogen-bond donors (Lipinski definition) is 3. The molecule has 0 aliphatic heterocycles.